The Labute approximate surface area is 168 Å². The SMILES string of the molecule is COc1ccc(NC(=O)C23CC4CC(C2)CC(n2nnc(C)n2)(C4)C3)cc1Cl. The fourth-order valence-corrected chi connectivity index (χ4v) is 6.46. The molecule has 2 aromatic rings. The zero-order valence-corrected chi connectivity index (χ0v) is 16.9. The largest absolute Gasteiger partial charge is 0.495 e. The van der Waals surface area contributed by atoms with Crippen LogP contribution >= 0.6 is 11.6 Å². The Hall–Kier alpha value is -2.15. The van der Waals surface area contributed by atoms with E-state index in [4.69, 9.17) is 16.3 Å². The number of hydrogen-bond acceptors (Lipinski definition) is 5. The highest BCUT2D eigenvalue weighted by Gasteiger charge is 2.62. The van der Waals surface area contributed by atoms with Crippen LogP contribution in [-0.4, -0.2) is 33.2 Å². The molecule has 4 aliphatic rings. The number of benzene rings is 1. The minimum Gasteiger partial charge on any atom is -0.495 e. The second-order valence-electron chi connectivity index (χ2n) is 8.90. The second kappa shape index (κ2) is 6.17. The van der Waals surface area contributed by atoms with Gasteiger partial charge in [-0.15, -0.1) is 10.2 Å². The van der Waals surface area contributed by atoms with Crippen LogP contribution in [0.2, 0.25) is 5.02 Å². The molecular weight excluding hydrogens is 378 g/mol. The third-order valence-corrected chi connectivity index (χ3v) is 7.15. The van der Waals surface area contributed by atoms with Crippen molar-refractivity contribution >= 4 is 23.2 Å². The first-order valence-electron chi connectivity index (χ1n) is 9.84. The summed E-state index contributed by atoms with van der Waals surface area (Å²) in [4.78, 5) is 15.3. The summed E-state index contributed by atoms with van der Waals surface area (Å²) in [5, 5.41) is 16.6. The van der Waals surface area contributed by atoms with Gasteiger partial charge >= 0.3 is 0 Å². The number of carbonyl (C=O) groups excluding carboxylic acids is 1. The molecule has 4 aliphatic carbocycles. The van der Waals surface area contributed by atoms with Crippen molar-refractivity contribution in [1.29, 1.82) is 0 Å². The van der Waals surface area contributed by atoms with Crippen LogP contribution in [0.1, 0.15) is 44.3 Å². The lowest BCUT2D eigenvalue weighted by Crippen LogP contribution is -2.60. The third kappa shape index (κ3) is 2.70. The Kier molecular flexibility index (Phi) is 3.95. The lowest BCUT2D eigenvalue weighted by molar-refractivity contribution is -0.152. The van der Waals surface area contributed by atoms with Gasteiger partial charge in [-0.25, -0.2) is 0 Å². The third-order valence-electron chi connectivity index (χ3n) is 6.86. The van der Waals surface area contributed by atoms with Crippen molar-refractivity contribution in [2.45, 2.75) is 51.0 Å². The molecular formula is C20H24ClN5O2. The molecule has 0 spiro atoms. The highest BCUT2D eigenvalue weighted by molar-refractivity contribution is 6.32. The minimum absolute atomic E-state index is 0.0871. The Morgan fingerprint density at radius 1 is 1.29 bits per heavy atom. The summed E-state index contributed by atoms with van der Waals surface area (Å²) in [6, 6.07) is 5.36. The smallest absolute Gasteiger partial charge is 0.230 e. The number of amides is 1. The summed E-state index contributed by atoms with van der Waals surface area (Å²) in [5.41, 5.74) is 0.147. The standard InChI is InChI=1S/C20H24ClN5O2/c1-12-23-25-26(24-12)20-9-13-5-14(10-20)8-19(7-13,11-20)18(27)22-15-3-4-17(28-2)16(21)6-15/h3-4,6,13-14H,5,7-11H2,1-2H3,(H,22,27). The number of nitrogens with zero attached hydrogens (tertiary/aromatic N) is 4. The van der Waals surface area contributed by atoms with Crippen LogP contribution in [0.5, 0.6) is 5.75 Å². The summed E-state index contributed by atoms with van der Waals surface area (Å²) in [6.45, 7) is 1.86. The molecule has 4 fully saturated rings. The number of ether oxygens (including phenoxy) is 1. The van der Waals surface area contributed by atoms with Gasteiger partial charge in [0.05, 0.1) is 23.1 Å². The molecule has 148 valence electrons. The normalized spacial score (nSPS) is 33.1. The topological polar surface area (TPSA) is 81.9 Å². The van der Waals surface area contributed by atoms with Gasteiger partial charge in [-0.05, 0) is 80.7 Å². The van der Waals surface area contributed by atoms with Crippen molar-refractivity contribution < 1.29 is 9.53 Å². The predicted molar refractivity (Wildman–Crippen MR) is 104 cm³/mol. The maximum absolute atomic E-state index is 13.5. The molecule has 4 saturated carbocycles. The van der Waals surface area contributed by atoms with E-state index in [1.807, 2.05) is 17.8 Å². The molecule has 0 radical (unpaired) electrons. The number of methoxy groups -OCH3 is 1. The van der Waals surface area contributed by atoms with E-state index >= 15 is 0 Å². The van der Waals surface area contributed by atoms with Crippen LogP contribution in [0.25, 0.3) is 0 Å². The van der Waals surface area contributed by atoms with Gasteiger partial charge in [-0.3, -0.25) is 4.79 Å². The molecule has 1 aromatic carbocycles. The fraction of sp³-hybridized carbons (Fsp3) is 0.600. The van der Waals surface area contributed by atoms with E-state index in [2.05, 4.69) is 20.7 Å². The summed E-state index contributed by atoms with van der Waals surface area (Å²) in [5.74, 6) is 2.45. The van der Waals surface area contributed by atoms with Crippen LogP contribution in [-0.2, 0) is 10.3 Å². The van der Waals surface area contributed by atoms with Gasteiger partial charge < -0.3 is 10.1 Å². The van der Waals surface area contributed by atoms with Gasteiger partial charge in [0.2, 0.25) is 5.91 Å². The quantitative estimate of drug-likeness (QED) is 0.846. The van der Waals surface area contributed by atoms with E-state index in [1.54, 1.807) is 19.2 Å². The Bertz CT molecular complexity index is 928. The van der Waals surface area contributed by atoms with Gasteiger partial charge in [0.15, 0.2) is 5.82 Å². The molecule has 1 N–H and O–H groups in total. The van der Waals surface area contributed by atoms with Crippen molar-refractivity contribution in [2.75, 3.05) is 12.4 Å². The summed E-state index contributed by atoms with van der Waals surface area (Å²) in [7, 11) is 1.58. The van der Waals surface area contributed by atoms with E-state index < -0.39 is 0 Å². The van der Waals surface area contributed by atoms with E-state index in [1.165, 1.54) is 6.42 Å². The molecule has 7 nitrogen and oxygen atoms in total. The molecule has 4 bridgehead atoms. The van der Waals surface area contributed by atoms with Crippen molar-refractivity contribution in [1.82, 2.24) is 20.2 Å². The monoisotopic (exact) mass is 401 g/mol. The van der Waals surface area contributed by atoms with Crippen LogP contribution in [0.15, 0.2) is 18.2 Å². The first-order valence-corrected chi connectivity index (χ1v) is 10.2. The van der Waals surface area contributed by atoms with Gasteiger partial charge in [0, 0.05) is 5.69 Å². The number of nitrogens with one attached hydrogen (secondary N) is 1. The average Bonchev–Trinajstić information content (AvgIpc) is 3.08. The van der Waals surface area contributed by atoms with Gasteiger partial charge in [-0.1, -0.05) is 11.6 Å². The van der Waals surface area contributed by atoms with Crippen molar-refractivity contribution in [3.8, 4) is 5.75 Å². The van der Waals surface area contributed by atoms with Gasteiger partial charge in [-0.2, -0.15) is 4.80 Å². The molecule has 0 aliphatic heterocycles. The Morgan fingerprint density at radius 3 is 2.64 bits per heavy atom. The fourth-order valence-electron chi connectivity index (χ4n) is 6.21. The van der Waals surface area contributed by atoms with Gasteiger partial charge in [0.25, 0.3) is 0 Å². The number of hydrogen-bond donors (Lipinski definition) is 1. The Morgan fingerprint density at radius 2 is 2.04 bits per heavy atom. The average molecular weight is 402 g/mol. The number of carbonyl (C=O) groups is 1. The van der Waals surface area contributed by atoms with Crippen LogP contribution in [0.4, 0.5) is 5.69 Å². The molecule has 0 saturated heterocycles. The highest BCUT2D eigenvalue weighted by atomic mass is 35.5. The molecule has 1 aromatic heterocycles. The van der Waals surface area contributed by atoms with Crippen LogP contribution in [0, 0.1) is 24.2 Å². The van der Waals surface area contributed by atoms with Crippen molar-refractivity contribution in [3.63, 3.8) is 0 Å². The molecule has 2 atom stereocenters. The number of aromatic nitrogens is 4. The van der Waals surface area contributed by atoms with E-state index in [-0.39, 0.29) is 16.9 Å². The molecule has 1 heterocycles. The van der Waals surface area contributed by atoms with Crippen molar-refractivity contribution in [2.24, 2.45) is 17.3 Å². The van der Waals surface area contributed by atoms with Crippen LogP contribution in [0.3, 0.4) is 0 Å². The van der Waals surface area contributed by atoms with E-state index in [0.29, 0.717) is 34.1 Å². The Balaban J connectivity index is 1.44. The lowest BCUT2D eigenvalue weighted by atomic mass is 9.46. The van der Waals surface area contributed by atoms with E-state index in [0.717, 1.165) is 32.1 Å². The number of tetrazole rings is 1. The number of halogens is 1. The molecule has 1 amide bonds. The maximum Gasteiger partial charge on any atom is 0.230 e. The molecule has 8 heteroatoms. The maximum atomic E-state index is 13.5. The number of aryl methyl sites for hydroxylation is 1. The number of anilines is 1. The second-order valence-corrected chi connectivity index (χ2v) is 9.30. The number of rotatable bonds is 4. The lowest BCUT2D eigenvalue weighted by Gasteiger charge is -2.60. The first-order chi connectivity index (χ1) is 13.4. The molecule has 2 unspecified atom stereocenters. The first kappa shape index (κ1) is 17.9. The zero-order valence-electron chi connectivity index (χ0n) is 16.1. The zero-order chi connectivity index (χ0) is 19.5. The van der Waals surface area contributed by atoms with Crippen molar-refractivity contribution in [3.05, 3.63) is 29.0 Å². The summed E-state index contributed by atoms with van der Waals surface area (Å²) < 4.78 is 5.20. The predicted octanol–water partition coefficient (Wildman–Crippen LogP) is 3.58. The van der Waals surface area contributed by atoms with Crippen LogP contribution < -0.4 is 10.1 Å². The highest BCUT2D eigenvalue weighted by Crippen LogP contribution is 2.64. The summed E-state index contributed by atoms with van der Waals surface area (Å²) in [6.07, 6.45) is 5.95. The molecule has 28 heavy (non-hydrogen) atoms. The summed E-state index contributed by atoms with van der Waals surface area (Å²) >= 11 is 6.23. The molecule has 6 rings (SSSR count). The van der Waals surface area contributed by atoms with Gasteiger partial charge in [0.1, 0.15) is 5.75 Å². The van der Waals surface area contributed by atoms with E-state index in [9.17, 15) is 4.79 Å². The minimum atomic E-state index is -0.377.